The van der Waals surface area contributed by atoms with E-state index < -0.39 is 6.04 Å². The first-order valence-electron chi connectivity index (χ1n) is 9.50. The van der Waals surface area contributed by atoms with E-state index in [9.17, 15) is 14.4 Å². The second-order valence-electron chi connectivity index (χ2n) is 8.46. The molecule has 0 spiro atoms. The summed E-state index contributed by atoms with van der Waals surface area (Å²) in [5, 5.41) is 5.91. The summed E-state index contributed by atoms with van der Waals surface area (Å²) in [5.41, 5.74) is 4.04. The Hall–Kier alpha value is -2.47. The monoisotopic (exact) mass is 367 g/mol. The highest BCUT2D eigenvalue weighted by Crippen LogP contribution is 2.34. The lowest BCUT2D eigenvalue weighted by molar-refractivity contribution is -0.136. The minimum absolute atomic E-state index is 0.0249. The fourth-order valence-corrected chi connectivity index (χ4v) is 4.52. The third kappa shape index (κ3) is 3.30. The molecule has 0 bridgehead atoms. The smallest absolute Gasteiger partial charge is 0.255 e. The molecule has 6 nitrogen and oxygen atoms in total. The summed E-state index contributed by atoms with van der Waals surface area (Å²) in [6.07, 6.45) is 3.82. The van der Waals surface area contributed by atoms with Crippen molar-refractivity contribution in [3.05, 3.63) is 41.0 Å². The molecule has 6 heteroatoms. The van der Waals surface area contributed by atoms with E-state index in [0.29, 0.717) is 24.6 Å². The highest BCUT2D eigenvalue weighted by Gasteiger charge is 2.39. The SMILES string of the molecule is CC1C=C(c2ccc3c(c2)CN(C2CCC(=O)NC2=O)C3=O)CC(C)(C)N1. The molecule has 3 aliphatic rings. The molecule has 0 aromatic heterocycles. The standard InChI is InChI=1S/C21H25N3O3/c1-12-8-14(10-21(2,3)23-12)13-4-5-16-15(9-13)11-24(20(16)27)17-6-7-18(25)22-19(17)26/h4-5,8-9,12,17,23H,6-7,10-11H2,1-3H3,(H,22,25,26). The first-order chi connectivity index (χ1) is 12.7. The Balaban J connectivity index is 1.60. The molecule has 1 aromatic rings. The van der Waals surface area contributed by atoms with Gasteiger partial charge >= 0.3 is 0 Å². The second kappa shape index (κ2) is 6.30. The van der Waals surface area contributed by atoms with Gasteiger partial charge in [0.05, 0.1) is 0 Å². The second-order valence-corrected chi connectivity index (χ2v) is 8.46. The molecule has 142 valence electrons. The Morgan fingerprint density at radius 1 is 1.19 bits per heavy atom. The maximum Gasteiger partial charge on any atom is 0.255 e. The van der Waals surface area contributed by atoms with Gasteiger partial charge < -0.3 is 10.2 Å². The summed E-state index contributed by atoms with van der Waals surface area (Å²) in [7, 11) is 0. The lowest BCUT2D eigenvalue weighted by atomic mass is 9.85. The first kappa shape index (κ1) is 17.9. The van der Waals surface area contributed by atoms with Crippen LogP contribution in [0.2, 0.25) is 0 Å². The first-order valence-corrected chi connectivity index (χ1v) is 9.50. The molecule has 1 fully saturated rings. The summed E-state index contributed by atoms with van der Waals surface area (Å²) in [5.74, 6) is -0.763. The maximum atomic E-state index is 12.8. The van der Waals surface area contributed by atoms with Gasteiger partial charge in [0.25, 0.3) is 5.91 Å². The molecule has 0 saturated carbocycles. The van der Waals surface area contributed by atoms with Crippen molar-refractivity contribution >= 4 is 23.3 Å². The Labute approximate surface area is 159 Å². The van der Waals surface area contributed by atoms with Crippen molar-refractivity contribution in [1.82, 2.24) is 15.5 Å². The molecule has 3 aliphatic heterocycles. The van der Waals surface area contributed by atoms with E-state index in [-0.39, 0.29) is 29.7 Å². The van der Waals surface area contributed by atoms with Crippen molar-refractivity contribution in [3.63, 3.8) is 0 Å². The highest BCUT2D eigenvalue weighted by molar-refractivity contribution is 6.05. The molecule has 3 heterocycles. The zero-order valence-electron chi connectivity index (χ0n) is 16.0. The van der Waals surface area contributed by atoms with Crippen molar-refractivity contribution in [2.75, 3.05) is 0 Å². The van der Waals surface area contributed by atoms with Crippen LogP contribution >= 0.6 is 0 Å². The summed E-state index contributed by atoms with van der Waals surface area (Å²) < 4.78 is 0. The van der Waals surface area contributed by atoms with Gasteiger partial charge in [-0.1, -0.05) is 12.1 Å². The number of fused-ring (bicyclic) bond motifs is 1. The van der Waals surface area contributed by atoms with E-state index in [1.54, 1.807) is 4.90 Å². The number of imide groups is 1. The molecule has 27 heavy (non-hydrogen) atoms. The van der Waals surface area contributed by atoms with E-state index >= 15 is 0 Å². The fourth-order valence-electron chi connectivity index (χ4n) is 4.52. The molecular weight excluding hydrogens is 342 g/mol. The zero-order valence-corrected chi connectivity index (χ0v) is 16.0. The van der Waals surface area contributed by atoms with Crippen LogP contribution in [0.3, 0.4) is 0 Å². The average molecular weight is 367 g/mol. The van der Waals surface area contributed by atoms with Gasteiger partial charge in [-0.25, -0.2) is 0 Å². The number of nitrogens with one attached hydrogen (secondary N) is 2. The number of hydrogen-bond donors (Lipinski definition) is 2. The van der Waals surface area contributed by atoms with Gasteiger partial charge in [0.1, 0.15) is 6.04 Å². The number of piperidine rings is 1. The van der Waals surface area contributed by atoms with Crippen LogP contribution in [0.25, 0.3) is 5.57 Å². The third-order valence-corrected chi connectivity index (χ3v) is 5.60. The van der Waals surface area contributed by atoms with Crippen LogP contribution in [-0.2, 0) is 16.1 Å². The molecule has 2 unspecified atom stereocenters. The van der Waals surface area contributed by atoms with E-state index in [1.165, 1.54) is 5.57 Å². The zero-order chi connectivity index (χ0) is 19.3. The number of amides is 3. The molecule has 0 aliphatic carbocycles. The van der Waals surface area contributed by atoms with Crippen molar-refractivity contribution in [2.24, 2.45) is 0 Å². The Kier molecular flexibility index (Phi) is 4.18. The number of carbonyl (C=O) groups is 3. The molecule has 0 radical (unpaired) electrons. The van der Waals surface area contributed by atoms with Gasteiger partial charge in [0.15, 0.2) is 0 Å². The van der Waals surface area contributed by atoms with Crippen molar-refractivity contribution < 1.29 is 14.4 Å². The predicted molar refractivity (Wildman–Crippen MR) is 102 cm³/mol. The van der Waals surface area contributed by atoms with Gasteiger partial charge in [-0.3, -0.25) is 19.7 Å². The van der Waals surface area contributed by atoms with Crippen molar-refractivity contribution in [3.8, 4) is 0 Å². The molecule has 2 N–H and O–H groups in total. The van der Waals surface area contributed by atoms with Crippen molar-refractivity contribution in [1.29, 1.82) is 0 Å². The van der Waals surface area contributed by atoms with Crippen LogP contribution in [0.5, 0.6) is 0 Å². The van der Waals surface area contributed by atoms with Crippen LogP contribution in [-0.4, -0.2) is 40.2 Å². The van der Waals surface area contributed by atoms with E-state index in [1.807, 2.05) is 12.1 Å². The molecule has 1 aromatic carbocycles. The molecule has 4 rings (SSSR count). The third-order valence-electron chi connectivity index (χ3n) is 5.60. The van der Waals surface area contributed by atoms with Crippen molar-refractivity contribution in [2.45, 2.75) is 64.2 Å². The molecule has 1 saturated heterocycles. The molecule has 2 atom stereocenters. The summed E-state index contributed by atoms with van der Waals surface area (Å²) in [4.78, 5) is 38.0. The lowest BCUT2D eigenvalue weighted by Gasteiger charge is -2.35. The van der Waals surface area contributed by atoms with E-state index in [2.05, 4.69) is 43.5 Å². The summed E-state index contributed by atoms with van der Waals surface area (Å²) in [6, 6.07) is 5.69. The van der Waals surface area contributed by atoms with Crippen LogP contribution in [0.4, 0.5) is 0 Å². The minimum atomic E-state index is -0.567. The minimum Gasteiger partial charge on any atom is -0.322 e. The molecular formula is C21H25N3O3. The van der Waals surface area contributed by atoms with E-state index in [0.717, 1.165) is 17.5 Å². The van der Waals surface area contributed by atoms with Crippen LogP contribution in [0.1, 0.15) is 61.5 Å². The van der Waals surface area contributed by atoms with Gasteiger partial charge in [-0.2, -0.15) is 0 Å². The van der Waals surface area contributed by atoms with Crippen LogP contribution < -0.4 is 10.6 Å². The number of rotatable bonds is 2. The lowest BCUT2D eigenvalue weighted by Crippen LogP contribution is -2.52. The van der Waals surface area contributed by atoms with Gasteiger partial charge in [-0.15, -0.1) is 0 Å². The van der Waals surface area contributed by atoms with Crippen LogP contribution in [0, 0.1) is 0 Å². The molecule has 3 amide bonds. The highest BCUT2D eigenvalue weighted by atomic mass is 16.2. The fraction of sp³-hybridized carbons (Fsp3) is 0.476. The van der Waals surface area contributed by atoms with Gasteiger partial charge in [0, 0.05) is 30.1 Å². The van der Waals surface area contributed by atoms with Gasteiger partial charge in [-0.05, 0) is 62.4 Å². The van der Waals surface area contributed by atoms with Crippen LogP contribution in [0.15, 0.2) is 24.3 Å². The normalized spacial score (nSPS) is 27.3. The predicted octanol–water partition coefficient (Wildman–Crippen LogP) is 1.99. The largest absolute Gasteiger partial charge is 0.322 e. The maximum absolute atomic E-state index is 12.8. The number of benzene rings is 1. The number of hydrogen-bond acceptors (Lipinski definition) is 4. The Morgan fingerprint density at radius 3 is 2.67 bits per heavy atom. The quantitative estimate of drug-likeness (QED) is 0.784. The topological polar surface area (TPSA) is 78.5 Å². The number of nitrogens with zero attached hydrogens (tertiary/aromatic N) is 1. The summed E-state index contributed by atoms with van der Waals surface area (Å²) >= 11 is 0. The Morgan fingerprint density at radius 2 is 1.96 bits per heavy atom. The van der Waals surface area contributed by atoms with E-state index in [4.69, 9.17) is 0 Å². The van der Waals surface area contributed by atoms with Gasteiger partial charge in [0.2, 0.25) is 11.8 Å². The summed E-state index contributed by atoms with van der Waals surface area (Å²) in [6.45, 7) is 6.94. The number of carbonyl (C=O) groups excluding carboxylic acids is 3. The average Bonchev–Trinajstić information content (AvgIpc) is 2.89. The Bertz CT molecular complexity index is 871.